The molecule has 0 spiro atoms. The molecule has 7 aromatic carbocycles. The summed E-state index contributed by atoms with van der Waals surface area (Å²) in [5, 5.41) is 10.8. The molecule has 10 aromatic rings. The van der Waals surface area contributed by atoms with Crippen LogP contribution in [-0.4, -0.2) is 4.57 Å². The van der Waals surface area contributed by atoms with Crippen LogP contribution in [-0.2, 0) is 0 Å². The third kappa shape index (κ3) is 3.26. The second kappa shape index (κ2) is 8.78. The van der Waals surface area contributed by atoms with Crippen molar-refractivity contribution in [1.82, 2.24) is 4.57 Å². The number of benzene rings is 7. The maximum atomic E-state index is 2.41. The molecule has 0 bridgehead atoms. The number of hydrogen-bond donors (Lipinski definition) is 0. The third-order valence-corrected chi connectivity index (χ3v) is 11.5. The number of thiophene rings is 2. The molecule has 1 nitrogen and oxygen atoms in total. The minimum atomic E-state index is 1.19. The molecule has 0 aliphatic rings. The Morgan fingerprint density at radius 3 is 1.67 bits per heavy atom. The Hall–Kier alpha value is -4.96. The van der Waals surface area contributed by atoms with Crippen LogP contribution in [0.5, 0.6) is 0 Å². The average molecular weight is 582 g/mol. The van der Waals surface area contributed by atoms with E-state index in [0.29, 0.717) is 0 Å². The highest BCUT2D eigenvalue weighted by Gasteiger charge is 2.19. The minimum Gasteiger partial charge on any atom is -0.309 e. The number of para-hydroxylation sites is 2. The number of hydrogen-bond acceptors (Lipinski definition) is 2. The molecular formula is C40H23NS2. The van der Waals surface area contributed by atoms with Gasteiger partial charge in [-0.1, -0.05) is 103 Å². The van der Waals surface area contributed by atoms with Gasteiger partial charge in [0.2, 0.25) is 0 Å². The Kier molecular flexibility index (Phi) is 4.81. The van der Waals surface area contributed by atoms with Crippen molar-refractivity contribution in [2.45, 2.75) is 0 Å². The lowest BCUT2D eigenvalue weighted by Gasteiger charge is -2.09. The molecule has 43 heavy (non-hydrogen) atoms. The van der Waals surface area contributed by atoms with Crippen LogP contribution in [0.25, 0.3) is 89.7 Å². The molecule has 0 aliphatic carbocycles. The quantitative estimate of drug-likeness (QED) is 0.191. The molecule has 0 amide bonds. The Morgan fingerprint density at radius 2 is 0.907 bits per heavy atom. The summed E-state index contributed by atoms with van der Waals surface area (Å²) in [7, 11) is 0. The van der Waals surface area contributed by atoms with Crippen LogP contribution in [0.1, 0.15) is 0 Å². The highest BCUT2D eigenvalue weighted by molar-refractivity contribution is 7.33. The zero-order chi connectivity index (χ0) is 28.1. The van der Waals surface area contributed by atoms with Gasteiger partial charge < -0.3 is 4.57 Å². The zero-order valence-corrected chi connectivity index (χ0v) is 24.7. The van der Waals surface area contributed by atoms with Gasteiger partial charge >= 0.3 is 0 Å². The topological polar surface area (TPSA) is 4.93 Å². The predicted octanol–water partition coefficient (Wildman–Crippen LogP) is 12.3. The van der Waals surface area contributed by atoms with Crippen LogP contribution in [0.2, 0.25) is 0 Å². The highest BCUT2D eigenvalue weighted by Crippen LogP contribution is 2.49. The largest absolute Gasteiger partial charge is 0.309 e. The molecule has 0 atom stereocenters. The fourth-order valence-electron chi connectivity index (χ4n) is 7.10. The summed E-state index contributed by atoms with van der Waals surface area (Å²) in [6.07, 6.45) is 0. The van der Waals surface area contributed by atoms with Crippen LogP contribution < -0.4 is 0 Å². The van der Waals surface area contributed by atoms with Crippen molar-refractivity contribution in [2.24, 2.45) is 0 Å². The van der Waals surface area contributed by atoms with E-state index < -0.39 is 0 Å². The molecule has 0 unspecified atom stereocenters. The predicted molar refractivity (Wildman–Crippen MR) is 190 cm³/mol. The molecule has 0 radical (unpaired) electrons. The minimum absolute atomic E-state index is 1.19. The van der Waals surface area contributed by atoms with Crippen LogP contribution in [0, 0.1) is 0 Å². The number of aromatic nitrogens is 1. The van der Waals surface area contributed by atoms with Gasteiger partial charge in [-0.3, -0.25) is 0 Å². The maximum absolute atomic E-state index is 2.41. The molecule has 3 heterocycles. The van der Waals surface area contributed by atoms with Crippen LogP contribution in [0.4, 0.5) is 0 Å². The molecule has 0 saturated carbocycles. The van der Waals surface area contributed by atoms with Gasteiger partial charge in [-0.05, 0) is 58.3 Å². The van der Waals surface area contributed by atoms with Crippen molar-refractivity contribution >= 4 is 95.6 Å². The van der Waals surface area contributed by atoms with Crippen molar-refractivity contribution in [3.05, 3.63) is 140 Å². The van der Waals surface area contributed by atoms with Crippen LogP contribution in [0.3, 0.4) is 0 Å². The summed E-state index contributed by atoms with van der Waals surface area (Å²) in [5.74, 6) is 0. The lowest BCUT2D eigenvalue weighted by atomic mass is 9.98. The third-order valence-electron chi connectivity index (χ3n) is 8.98. The Balaban J connectivity index is 1.25. The average Bonchev–Trinajstić information content (AvgIpc) is 3.74. The summed E-state index contributed by atoms with van der Waals surface area (Å²) in [6.45, 7) is 0. The molecule has 200 valence electrons. The van der Waals surface area contributed by atoms with Gasteiger partial charge in [0.05, 0.1) is 20.4 Å². The Labute approximate surface area is 255 Å². The van der Waals surface area contributed by atoms with Crippen molar-refractivity contribution in [2.75, 3.05) is 0 Å². The number of fused-ring (bicyclic) bond motifs is 13. The SMILES string of the molecule is c1ccc(-n2c3ccccc3c3ccc(-c4ccc5c(c4)sc4c6sc7ccccc7c6c6ccccc6c54)cc32)cc1. The van der Waals surface area contributed by atoms with E-state index in [-0.39, 0.29) is 0 Å². The first-order valence-electron chi connectivity index (χ1n) is 14.6. The van der Waals surface area contributed by atoms with Crippen molar-refractivity contribution in [3.8, 4) is 16.8 Å². The molecule has 0 N–H and O–H groups in total. The first-order valence-corrected chi connectivity index (χ1v) is 16.2. The van der Waals surface area contributed by atoms with Crippen molar-refractivity contribution in [3.63, 3.8) is 0 Å². The van der Waals surface area contributed by atoms with Gasteiger partial charge in [0, 0.05) is 47.4 Å². The van der Waals surface area contributed by atoms with Gasteiger partial charge in [0.1, 0.15) is 0 Å². The van der Waals surface area contributed by atoms with Crippen molar-refractivity contribution in [1.29, 1.82) is 0 Å². The summed E-state index contributed by atoms with van der Waals surface area (Å²) in [5.41, 5.74) is 6.15. The molecule has 0 saturated heterocycles. The van der Waals surface area contributed by atoms with Gasteiger partial charge in [-0.2, -0.15) is 0 Å². The van der Waals surface area contributed by atoms with Crippen LogP contribution >= 0.6 is 22.7 Å². The number of rotatable bonds is 2. The lowest BCUT2D eigenvalue weighted by Crippen LogP contribution is -1.93. The summed E-state index contributed by atoms with van der Waals surface area (Å²) in [6, 6.07) is 51.3. The maximum Gasteiger partial charge on any atom is 0.0547 e. The first kappa shape index (κ1) is 23.6. The molecule has 0 fully saturated rings. The Morgan fingerprint density at radius 1 is 0.372 bits per heavy atom. The fraction of sp³-hybridized carbons (Fsp3) is 0. The van der Waals surface area contributed by atoms with Crippen molar-refractivity contribution < 1.29 is 0 Å². The lowest BCUT2D eigenvalue weighted by molar-refractivity contribution is 1.18. The first-order chi connectivity index (χ1) is 21.3. The Bertz CT molecular complexity index is 2720. The van der Waals surface area contributed by atoms with E-state index in [2.05, 4.69) is 144 Å². The van der Waals surface area contributed by atoms with E-state index in [0.717, 1.165) is 0 Å². The fourth-order valence-corrected chi connectivity index (χ4v) is 9.72. The van der Waals surface area contributed by atoms with Gasteiger partial charge in [0.15, 0.2) is 0 Å². The molecule has 3 aromatic heterocycles. The summed E-state index contributed by atoms with van der Waals surface area (Å²) >= 11 is 3.88. The van der Waals surface area contributed by atoms with Gasteiger partial charge in [-0.25, -0.2) is 0 Å². The highest BCUT2D eigenvalue weighted by atomic mass is 32.1. The van der Waals surface area contributed by atoms with Gasteiger partial charge in [-0.15, -0.1) is 22.7 Å². The summed E-state index contributed by atoms with van der Waals surface area (Å²) < 4.78 is 7.91. The van der Waals surface area contributed by atoms with E-state index in [1.807, 2.05) is 22.7 Å². The molecule has 3 heteroatoms. The monoisotopic (exact) mass is 581 g/mol. The standard InChI is InChI=1S/C40H23NS2/c1-2-10-26(11-3-1)41-33-16-8-6-12-27(33)28-20-18-24(22-34(28)41)25-19-21-32-36(23-25)43-40-38(32)30-14-5-4-13-29(30)37-31-15-7-9-17-35(31)42-39(37)40/h1-23H. The second-order valence-corrected chi connectivity index (χ2v) is 13.4. The second-order valence-electron chi connectivity index (χ2n) is 11.3. The van der Waals surface area contributed by atoms with E-state index in [9.17, 15) is 0 Å². The van der Waals surface area contributed by atoms with Crippen LogP contribution in [0.15, 0.2) is 140 Å². The molecule has 10 rings (SSSR count). The van der Waals surface area contributed by atoms with E-state index in [1.165, 1.54) is 89.7 Å². The van der Waals surface area contributed by atoms with E-state index in [4.69, 9.17) is 0 Å². The number of nitrogens with zero attached hydrogens (tertiary/aromatic N) is 1. The van der Waals surface area contributed by atoms with Gasteiger partial charge in [0.25, 0.3) is 0 Å². The normalized spacial score (nSPS) is 12.2. The summed E-state index contributed by atoms with van der Waals surface area (Å²) in [4.78, 5) is 0. The van der Waals surface area contributed by atoms with E-state index >= 15 is 0 Å². The molecule has 0 aliphatic heterocycles. The smallest absolute Gasteiger partial charge is 0.0547 e. The molecular weight excluding hydrogens is 559 g/mol. The zero-order valence-electron chi connectivity index (χ0n) is 23.0. The van der Waals surface area contributed by atoms with E-state index in [1.54, 1.807) is 0 Å².